The van der Waals surface area contributed by atoms with Crippen molar-refractivity contribution in [1.29, 1.82) is 0 Å². The Kier molecular flexibility index (Phi) is 4.86. The van der Waals surface area contributed by atoms with Crippen molar-refractivity contribution in [2.75, 3.05) is 31.1 Å². The number of phenolic OH excluding ortho intramolecular Hbond substituents is 2. The van der Waals surface area contributed by atoms with Crippen LogP contribution in [0.3, 0.4) is 0 Å². The third-order valence-corrected chi connectivity index (χ3v) is 6.06. The molecule has 30 heavy (non-hydrogen) atoms. The van der Waals surface area contributed by atoms with Gasteiger partial charge in [-0.25, -0.2) is 19.0 Å². The van der Waals surface area contributed by atoms with Crippen LogP contribution in [0.15, 0.2) is 24.4 Å². The van der Waals surface area contributed by atoms with Gasteiger partial charge in [-0.3, -0.25) is 4.90 Å². The summed E-state index contributed by atoms with van der Waals surface area (Å²) in [5, 5.41) is 27.9. The fourth-order valence-electron chi connectivity index (χ4n) is 4.35. The summed E-state index contributed by atoms with van der Waals surface area (Å²) in [4.78, 5) is 13.7. The summed E-state index contributed by atoms with van der Waals surface area (Å²) in [6, 6.07) is 4.76. The molecule has 2 aromatic heterocycles. The highest BCUT2D eigenvalue weighted by molar-refractivity contribution is 5.67. The standard InChI is InChI=1S/C20H24FN7O2/c21-14-3-6-26(7-4-14)15-5-8-27(12-15)18-10-22-19-20(23-18)28(25-24-19)11-13-9-16(29)1-2-17(13)30/h1-2,9-10,14-15,29-30H,3-8,11-12H2. The molecule has 2 saturated heterocycles. The van der Waals surface area contributed by atoms with Crippen molar-refractivity contribution in [2.24, 2.45) is 0 Å². The number of piperidine rings is 1. The van der Waals surface area contributed by atoms with Gasteiger partial charge in [0.1, 0.15) is 23.5 Å². The molecule has 2 aliphatic heterocycles. The number of hydrogen-bond acceptors (Lipinski definition) is 8. The van der Waals surface area contributed by atoms with E-state index in [0.717, 1.165) is 38.4 Å². The zero-order valence-electron chi connectivity index (χ0n) is 16.5. The maximum Gasteiger partial charge on any atom is 0.221 e. The summed E-state index contributed by atoms with van der Waals surface area (Å²) < 4.78 is 15.0. The third kappa shape index (κ3) is 3.62. The smallest absolute Gasteiger partial charge is 0.221 e. The van der Waals surface area contributed by atoms with Gasteiger partial charge in [0.2, 0.25) is 5.65 Å². The normalized spacial score (nSPS) is 21.0. The summed E-state index contributed by atoms with van der Waals surface area (Å²) in [6.45, 7) is 3.56. The summed E-state index contributed by atoms with van der Waals surface area (Å²) in [5.41, 5.74) is 1.47. The van der Waals surface area contributed by atoms with Crippen molar-refractivity contribution in [3.63, 3.8) is 0 Å². The summed E-state index contributed by atoms with van der Waals surface area (Å²) >= 11 is 0. The first-order valence-electron chi connectivity index (χ1n) is 10.3. The second-order valence-corrected chi connectivity index (χ2v) is 8.03. The maximum absolute atomic E-state index is 13.4. The van der Waals surface area contributed by atoms with Crippen LogP contribution in [0.25, 0.3) is 11.3 Å². The van der Waals surface area contributed by atoms with Crippen LogP contribution in [0, 0.1) is 0 Å². The summed E-state index contributed by atoms with van der Waals surface area (Å²) in [5.74, 6) is 0.896. The van der Waals surface area contributed by atoms with Crippen molar-refractivity contribution in [1.82, 2.24) is 29.9 Å². The largest absolute Gasteiger partial charge is 0.508 e. The van der Waals surface area contributed by atoms with Gasteiger partial charge in [-0.1, -0.05) is 5.21 Å². The molecular weight excluding hydrogens is 389 g/mol. The Balaban J connectivity index is 1.35. The Morgan fingerprint density at radius 3 is 2.77 bits per heavy atom. The number of halogens is 1. The molecule has 0 spiro atoms. The second kappa shape index (κ2) is 7.67. The topological polar surface area (TPSA) is 103 Å². The zero-order chi connectivity index (χ0) is 20.7. The van der Waals surface area contributed by atoms with E-state index >= 15 is 0 Å². The maximum atomic E-state index is 13.4. The average molecular weight is 413 g/mol. The lowest BCUT2D eigenvalue weighted by Crippen LogP contribution is -2.43. The molecular formula is C20H24FN7O2. The summed E-state index contributed by atoms with van der Waals surface area (Å²) in [7, 11) is 0. The molecule has 4 heterocycles. The van der Waals surface area contributed by atoms with Crippen LogP contribution < -0.4 is 4.90 Å². The molecule has 2 N–H and O–H groups in total. The second-order valence-electron chi connectivity index (χ2n) is 8.03. The average Bonchev–Trinajstić information content (AvgIpc) is 3.39. The quantitative estimate of drug-likeness (QED) is 0.623. The Morgan fingerprint density at radius 1 is 1.10 bits per heavy atom. The van der Waals surface area contributed by atoms with Crippen molar-refractivity contribution in [2.45, 2.75) is 38.0 Å². The van der Waals surface area contributed by atoms with E-state index in [0.29, 0.717) is 35.7 Å². The van der Waals surface area contributed by atoms with Gasteiger partial charge >= 0.3 is 0 Å². The summed E-state index contributed by atoms with van der Waals surface area (Å²) in [6.07, 6.45) is 3.31. The highest BCUT2D eigenvalue weighted by Crippen LogP contribution is 2.26. The number of fused-ring (bicyclic) bond motifs is 1. The van der Waals surface area contributed by atoms with Crippen molar-refractivity contribution in [3.05, 3.63) is 30.0 Å². The number of alkyl halides is 1. The molecule has 1 atom stereocenters. The van der Waals surface area contributed by atoms with E-state index in [-0.39, 0.29) is 18.0 Å². The molecule has 2 fully saturated rings. The van der Waals surface area contributed by atoms with Crippen molar-refractivity contribution < 1.29 is 14.6 Å². The molecule has 0 aliphatic carbocycles. The minimum atomic E-state index is -0.661. The van der Waals surface area contributed by atoms with E-state index < -0.39 is 6.17 Å². The Labute approximate surface area is 172 Å². The van der Waals surface area contributed by atoms with Gasteiger partial charge in [-0.15, -0.1) is 5.10 Å². The van der Waals surface area contributed by atoms with E-state index in [4.69, 9.17) is 4.98 Å². The van der Waals surface area contributed by atoms with Crippen LogP contribution in [0.2, 0.25) is 0 Å². The molecule has 5 rings (SSSR count). The van der Waals surface area contributed by atoms with Gasteiger partial charge in [0.25, 0.3) is 0 Å². The molecule has 2 aliphatic rings. The first kappa shape index (κ1) is 19.0. The van der Waals surface area contributed by atoms with Gasteiger partial charge < -0.3 is 15.1 Å². The highest BCUT2D eigenvalue weighted by atomic mass is 19.1. The Bertz CT molecular complexity index is 1050. The number of hydrogen-bond donors (Lipinski definition) is 2. The highest BCUT2D eigenvalue weighted by Gasteiger charge is 2.31. The number of nitrogens with zero attached hydrogens (tertiary/aromatic N) is 7. The fraction of sp³-hybridized carbons (Fsp3) is 0.500. The predicted octanol–water partition coefficient (Wildman–Crippen LogP) is 1.69. The molecule has 0 saturated carbocycles. The number of phenols is 2. The van der Waals surface area contributed by atoms with Gasteiger partial charge in [0, 0.05) is 37.8 Å². The van der Waals surface area contributed by atoms with Crippen LogP contribution in [0.5, 0.6) is 11.5 Å². The van der Waals surface area contributed by atoms with Gasteiger partial charge in [0.15, 0.2) is 5.65 Å². The fourth-order valence-corrected chi connectivity index (χ4v) is 4.35. The SMILES string of the molecule is Oc1ccc(O)c(Cn2nnc3ncc(N4CCC(N5CCC(F)CC5)C4)nc32)c1. The number of aromatic nitrogens is 5. The number of aromatic hydroxyl groups is 2. The van der Waals surface area contributed by atoms with Gasteiger partial charge in [0.05, 0.1) is 12.7 Å². The zero-order valence-corrected chi connectivity index (χ0v) is 16.5. The van der Waals surface area contributed by atoms with Crippen LogP contribution in [0.1, 0.15) is 24.8 Å². The lowest BCUT2D eigenvalue weighted by atomic mass is 10.1. The lowest BCUT2D eigenvalue weighted by Gasteiger charge is -2.33. The van der Waals surface area contributed by atoms with Crippen LogP contribution in [-0.4, -0.2) is 78.5 Å². The predicted molar refractivity (Wildman–Crippen MR) is 108 cm³/mol. The van der Waals surface area contributed by atoms with Crippen LogP contribution in [0.4, 0.5) is 10.2 Å². The Hall–Kier alpha value is -3.01. The third-order valence-electron chi connectivity index (χ3n) is 6.06. The molecule has 1 unspecified atom stereocenters. The molecule has 3 aromatic rings. The van der Waals surface area contributed by atoms with Crippen molar-refractivity contribution >= 4 is 17.1 Å². The van der Waals surface area contributed by atoms with E-state index in [2.05, 4.69) is 25.1 Å². The number of benzene rings is 1. The van der Waals surface area contributed by atoms with E-state index in [1.807, 2.05) is 0 Å². The minimum Gasteiger partial charge on any atom is -0.508 e. The first-order chi connectivity index (χ1) is 14.6. The molecule has 9 nitrogen and oxygen atoms in total. The van der Waals surface area contributed by atoms with Crippen molar-refractivity contribution in [3.8, 4) is 11.5 Å². The Morgan fingerprint density at radius 2 is 1.93 bits per heavy atom. The number of rotatable bonds is 4. The van der Waals surface area contributed by atoms with Crippen LogP contribution in [-0.2, 0) is 6.54 Å². The molecule has 0 radical (unpaired) electrons. The van der Waals surface area contributed by atoms with Gasteiger partial charge in [-0.05, 0) is 37.5 Å². The lowest BCUT2D eigenvalue weighted by molar-refractivity contribution is 0.119. The minimum absolute atomic E-state index is 0.0684. The monoisotopic (exact) mass is 413 g/mol. The molecule has 158 valence electrons. The number of likely N-dealkylation sites (tertiary alicyclic amines) is 1. The molecule has 0 amide bonds. The molecule has 10 heteroatoms. The van der Waals surface area contributed by atoms with E-state index in [9.17, 15) is 14.6 Å². The van der Waals surface area contributed by atoms with Gasteiger partial charge in [-0.2, -0.15) is 0 Å². The molecule has 1 aromatic carbocycles. The van der Waals surface area contributed by atoms with Crippen LogP contribution >= 0.6 is 0 Å². The number of anilines is 1. The van der Waals surface area contributed by atoms with E-state index in [1.54, 1.807) is 10.9 Å². The first-order valence-corrected chi connectivity index (χ1v) is 10.3. The van der Waals surface area contributed by atoms with E-state index in [1.165, 1.54) is 18.2 Å². The molecule has 0 bridgehead atoms.